The molecule has 0 saturated carbocycles. The number of nitrogen functional groups attached to an aromatic ring is 1. The maximum atomic E-state index is 11.5. The number of hydrogen-bond acceptors (Lipinski definition) is 6. The zero-order valence-corrected chi connectivity index (χ0v) is 15.9. The molecule has 0 radical (unpaired) electrons. The van der Waals surface area contributed by atoms with Crippen molar-refractivity contribution in [3.05, 3.63) is 79.0 Å². The molecule has 29 heavy (non-hydrogen) atoms. The van der Waals surface area contributed by atoms with Crippen LogP contribution in [-0.4, -0.2) is 18.0 Å². The summed E-state index contributed by atoms with van der Waals surface area (Å²) in [6.45, 7) is 0. The molecular weight excluding hydrogens is 388 g/mol. The van der Waals surface area contributed by atoms with Gasteiger partial charge in [0, 0.05) is 22.0 Å². The molecule has 0 bridgehead atoms. The van der Waals surface area contributed by atoms with Gasteiger partial charge >= 0.3 is 0 Å². The lowest BCUT2D eigenvalue weighted by molar-refractivity contribution is 0.483. The Labute approximate surface area is 167 Å². The molecule has 1 heterocycles. The summed E-state index contributed by atoms with van der Waals surface area (Å²) in [5.41, 5.74) is 9.22. The van der Waals surface area contributed by atoms with E-state index in [1.807, 2.05) is 36.4 Å². The minimum Gasteiger partial charge on any atom is -0.398 e. The topological polar surface area (TPSA) is 118 Å². The highest BCUT2D eigenvalue weighted by Gasteiger charge is 2.13. The van der Waals surface area contributed by atoms with Crippen molar-refractivity contribution in [3.8, 4) is 11.3 Å². The minimum atomic E-state index is -4.35. The van der Waals surface area contributed by atoms with Crippen LogP contribution in [0.1, 0.15) is 0 Å². The largest absolute Gasteiger partial charge is 0.398 e. The Morgan fingerprint density at radius 3 is 2.34 bits per heavy atom. The molecule has 0 saturated heterocycles. The minimum absolute atomic E-state index is 0.235. The van der Waals surface area contributed by atoms with Crippen LogP contribution in [-0.2, 0) is 10.1 Å². The monoisotopic (exact) mass is 404 g/mol. The Balaban J connectivity index is 1.70. The van der Waals surface area contributed by atoms with E-state index in [4.69, 9.17) is 5.73 Å². The summed E-state index contributed by atoms with van der Waals surface area (Å²) in [5.74, 6) is 0. The Bertz CT molecular complexity index is 1320. The first kappa shape index (κ1) is 18.7. The molecule has 144 valence electrons. The van der Waals surface area contributed by atoms with Gasteiger partial charge in [-0.2, -0.15) is 8.42 Å². The Morgan fingerprint density at radius 1 is 0.862 bits per heavy atom. The molecule has 0 unspecified atom stereocenters. The predicted molar refractivity (Wildman–Crippen MR) is 112 cm³/mol. The van der Waals surface area contributed by atoms with Crippen LogP contribution >= 0.6 is 0 Å². The molecule has 0 amide bonds. The van der Waals surface area contributed by atoms with Gasteiger partial charge in [-0.1, -0.05) is 36.4 Å². The smallest absolute Gasteiger partial charge is 0.294 e. The molecule has 0 atom stereocenters. The summed E-state index contributed by atoms with van der Waals surface area (Å²) in [4.78, 5) is 4.16. The van der Waals surface area contributed by atoms with Crippen LogP contribution in [0.4, 0.5) is 17.1 Å². The van der Waals surface area contributed by atoms with Crippen molar-refractivity contribution in [2.24, 2.45) is 10.2 Å². The van der Waals surface area contributed by atoms with Gasteiger partial charge in [0.15, 0.2) is 0 Å². The fraction of sp³-hybridized carbons (Fsp3) is 0. The molecule has 4 rings (SSSR count). The molecule has 1 aromatic heterocycles. The second kappa shape index (κ2) is 7.42. The molecule has 4 aromatic rings. The number of anilines is 1. The summed E-state index contributed by atoms with van der Waals surface area (Å²) >= 11 is 0. The van der Waals surface area contributed by atoms with E-state index < -0.39 is 10.1 Å². The lowest BCUT2D eigenvalue weighted by Gasteiger charge is -2.06. The standard InChI is InChI=1S/C21H16N4O3S/c22-19-9-11-21(18-12-16(29(26,27)28)7-8-17(18)19)25-24-15-6-10-20(23-13-15)14-4-2-1-3-5-14/h1-13H,22H2,(H,26,27,28)/b25-24+. The normalized spacial score (nSPS) is 11.9. The fourth-order valence-electron chi connectivity index (χ4n) is 2.92. The van der Waals surface area contributed by atoms with Gasteiger partial charge < -0.3 is 5.73 Å². The third kappa shape index (κ3) is 3.98. The third-order valence-electron chi connectivity index (χ3n) is 4.39. The van der Waals surface area contributed by atoms with Gasteiger partial charge in [-0.25, -0.2) is 0 Å². The van der Waals surface area contributed by atoms with Gasteiger partial charge in [0.2, 0.25) is 0 Å². The SMILES string of the molecule is Nc1ccc(/N=N/c2ccc(-c3ccccc3)nc2)c2cc(S(=O)(=O)O)ccc12. The molecule has 0 aliphatic heterocycles. The van der Waals surface area contributed by atoms with Crippen LogP contribution < -0.4 is 5.73 Å². The Morgan fingerprint density at radius 2 is 1.66 bits per heavy atom. The average Bonchev–Trinajstić information content (AvgIpc) is 2.73. The lowest BCUT2D eigenvalue weighted by Crippen LogP contribution is -1.98. The first-order valence-corrected chi connectivity index (χ1v) is 10.1. The highest BCUT2D eigenvalue weighted by Crippen LogP contribution is 2.33. The summed E-state index contributed by atoms with van der Waals surface area (Å²) < 4.78 is 32.2. The molecule has 3 N–H and O–H groups in total. The van der Waals surface area contributed by atoms with E-state index in [1.54, 1.807) is 24.4 Å². The number of nitrogens with zero attached hydrogens (tertiary/aromatic N) is 3. The molecule has 3 aromatic carbocycles. The average molecular weight is 404 g/mol. The second-order valence-corrected chi connectivity index (χ2v) is 7.75. The van der Waals surface area contributed by atoms with E-state index >= 15 is 0 Å². The number of rotatable bonds is 4. The highest BCUT2D eigenvalue weighted by atomic mass is 32.2. The van der Waals surface area contributed by atoms with Crippen LogP contribution in [0.5, 0.6) is 0 Å². The molecule has 0 aliphatic rings. The summed E-state index contributed by atoms with van der Waals surface area (Å²) in [6.07, 6.45) is 1.61. The first-order valence-electron chi connectivity index (χ1n) is 8.65. The Kier molecular flexibility index (Phi) is 4.79. The number of nitrogens with two attached hydrogens (primary N) is 1. The zero-order valence-electron chi connectivity index (χ0n) is 15.1. The van der Waals surface area contributed by atoms with Crippen LogP contribution in [0, 0.1) is 0 Å². The fourth-order valence-corrected chi connectivity index (χ4v) is 3.43. The predicted octanol–water partition coefficient (Wildman–Crippen LogP) is 5.15. The highest BCUT2D eigenvalue weighted by molar-refractivity contribution is 7.85. The van der Waals surface area contributed by atoms with Crippen molar-refractivity contribution in [1.29, 1.82) is 0 Å². The molecule has 7 nitrogen and oxygen atoms in total. The number of aromatic nitrogens is 1. The molecular formula is C21H16N4O3S. The number of hydrogen-bond donors (Lipinski definition) is 2. The van der Waals surface area contributed by atoms with Crippen molar-refractivity contribution in [2.75, 3.05) is 5.73 Å². The summed E-state index contributed by atoms with van der Waals surface area (Å²) in [5, 5.41) is 9.50. The van der Waals surface area contributed by atoms with Gasteiger partial charge in [0.1, 0.15) is 5.69 Å². The maximum Gasteiger partial charge on any atom is 0.294 e. The van der Waals surface area contributed by atoms with Crippen molar-refractivity contribution in [3.63, 3.8) is 0 Å². The number of azo groups is 1. The van der Waals surface area contributed by atoms with Crippen LogP contribution in [0.2, 0.25) is 0 Å². The Hall–Kier alpha value is -3.62. The van der Waals surface area contributed by atoms with E-state index in [9.17, 15) is 13.0 Å². The number of benzene rings is 3. The van der Waals surface area contributed by atoms with Crippen LogP contribution in [0.15, 0.2) is 94.1 Å². The molecule has 0 fully saturated rings. The van der Waals surface area contributed by atoms with Crippen molar-refractivity contribution in [1.82, 2.24) is 4.98 Å². The van der Waals surface area contributed by atoms with Gasteiger partial charge in [-0.05, 0) is 36.4 Å². The number of pyridine rings is 1. The van der Waals surface area contributed by atoms with Gasteiger partial charge in [0.25, 0.3) is 10.1 Å². The molecule has 8 heteroatoms. The van der Waals surface area contributed by atoms with Crippen LogP contribution in [0.25, 0.3) is 22.0 Å². The number of fused-ring (bicyclic) bond motifs is 1. The van der Waals surface area contributed by atoms with E-state index in [0.717, 1.165) is 11.3 Å². The van der Waals surface area contributed by atoms with E-state index in [1.165, 1.54) is 18.2 Å². The van der Waals surface area contributed by atoms with E-state index in [0.29, 0.717) is 27.8 Å². The van der Waals surface area contributed by atoms with Crippen molar-refractivity contribution in [2.45, 2.75) is 4.90 Å². The molecule has 0 aliphatic carbocycles. The molecule has 0 spiro atoms. The first-order chi connectivity index (χ1) is 13.9. The summed E-state index contributed by atoms with van der Waals surface area (Å²) in [7, 11) is -4.35. The van der Waals surface area contributed by atoms with Gasteiger partial charge in [-0.3, -0.25) is 9.54 Å². The zero-order chi connectivity index (χ0) is 20.4. The maximum absolute atomic E-state index is 11.5. The lowest BCUT2D eigenvalue weighted by atomic mass is 10.1. The van der Waals surface area contributed by atoms with E-state index in [-0.39, 0.29) is 4.90 Å². The van der Waals surface area contributed by atoms with Gasteiger partial charge in [0.05, 0.1) is 22.5 Å². The quantitative estimate of drug-likeness (QED) is 0.277. The summed E-state index contributed by atoms with van der Waals surface area (Å²) in [6, 6.07) is 20.9. The second-order valence-electron chi connectivity index (χ2n) is 6.32. The third-order valence-corrected chi connectivity index (χ3v) is 5.24. The van der Waals surface area contributed by atoms with Gasteiger partial charge in [-0.15, -0.1) is 10.2 Å². The van der Waals surface area contributed by atoms with Crippen molar-refractivity contribution >= 4 is 38.0 Å². The van der Waals surface area contributed by atoms with Crippen LogP contribution in [0.3, 0.4) is 0 Å². The van der Waals surface area contributed by atoms with E-state index in [2.05, 4.69) is 15.2 Å². The van der Waals surface area contributed by atoms with Crippen molar-refractivity contribution < 1.29 is 13.0 Å².